The van der Waals surface area contributed by atoms with Crippen LogP contribution in [-0.2, 0) is 4.79 Å². The van der Waals surface area contributed by atoms with Crippen LogP contribution >= 0.6 is 0 Å². The maximum absolute atomic E-state index is 12.4. The van der Waals surface area contributed by atoms with Gasteiger partial charge in [-0.05, 0) is 13.8 Å². The van der Waals surface area contributed by atoms with Crippen LogP contribution in [0.25, 0.3) is 0 Å². The number of hydrogen-bond donors (Lipinski definition) is 1. The van der Waals surface area contributed by atoms with Crippen molar-refractivity contribution in [2.75, 3.05) is 39.3 Å². The smallest absolute Gasteiger partial charge is 0.244 e. The maximum Gasteiger partial charge on any atom is 0.244 e. The van der Waals surface area contributed by atoms with E-state index in [1.807, 2.05) is 26.0 Å². The maximum atomic E-state index is 12.4. The predicted molar refractivity (Wildman–Crippen MR) is 66.3 cm³/mol. The molecule has 1 aliphatic rings. The lowest BCUT2D eigenvalue weighted by Crippen LogP contribution is -2.60. The molecular formula is C12H19N5O. The van der Waals surface area contributed by atoms with Gasteiger partial charge in [-0.2, -0.15) is 10.5 Å². The normalized spacial score (nSPS) is 16.7. The van der Waals surface area contributed by atoms with Gasteiger partial charge >= 0.3 is 0 Å². The summed E-state index contributed by atoms with van der Waals surface area (Å²) in [6, 6.07) is 3.86. The van der Waals surface area contributed by atoms with Gasteiger partial charge in [0.25, 0.3) is 0 Å². The molecule has 0 bridgehead atoms. The van der Waals surface area contributed by atoms with Crippen molar-refractivity contribution in [3.05, 3.63) is 0 Å². The Kier molecular flexibility index (Phi) is 5.08. The Hall–Kier alpha value is -1.63. The largest absolute Gasteiger partial charge is 0.314 e. The van der Waals surface area contributed by atoms with Crippen LogP contribution in [0.15, 0.2) is 0 Å². The number of carbonyl (C=O) groups is 1. The molecule has 0 unspecified atom stereocenters. The van der Waals surface area contributed by atoms with E-state index in [9.17, 15) is 4.79 Å². The third-order valence-electron chi connectivity index (χ3n) is 3.24. The van der Waals surface area contributed by atoms with Gasteiger partial charge in [-0.1, -0.05) is 0 Å². The second-order valence-corrected chi connectivity index (χ2v) is 4.77. The van der Waals surface area contributed by atoms with Crippen molar-refractivity contribution in [1.29, 1.82) is 10.5 Å². The molecule has 6 nitrogen and oxygen atoms in total. The zero-order valence-corrected chi connectivity index (χ0v) is 10.9. The minimum atomic E-state index is -0.671. The van der Waals surface area contributed by atoms with Crippen LogP contribution in [0.3, 0.4) is 0 Å². The predicted octanol–water partition coefficient (Wildman–Crippen LogP) is -0.454. The monoisotopic (exact) mass is 249 g/mol. The summed E-state index contributed by atoms with van der Waals surface area (Å²) in [4.78, 5) is 15.8. The lowest BCUT2D eigenvalue weighted by atomic mass is 9.99. The van der Waals surface area contributed by atoms with Crippen LogP contribution in [0, 0.1) is 22.7 Å². The first-order valence-corrected chi connectivity index (χ1v) is 6.03. The molecule has 98 valence electrons. The van der Waals surface area contributed by atoms with Gasteiger partial charge in [0.2, 0.25) is 5.91 Å². The van der Waals surface area contributed by atoms with Crippen molar-refractivity contribution in [1.82, 2.24) is 15.1 Å². The summed E-state index contributed by atoms with van der Waals surface area (Å²) in [5.41, 5.74) is -0.671. The van der Waals surface area contributed by atoms with Gasteiger partial charge in [0.1, 0.15) is 13.1 Å². The molecule has 0 radical (unpaired) electrons. The van der Waals surface area contributed by atoms with Crippen LogP contribution in [0.1, 0.15) is 13.8 Å². The van der Waals surface area contributed by atoms with Crippen LogP contribution in [-0.4, -0.2) is 60.5 Å². The number of hydrogen-bond acceptors (Lipinski definition) is 5. The van der Waals surface area contributed by atoms with E-state index in [0.717, 1.165) is 26.2 Å². The molecule has 6 heteroatoms. The zero-order valence-electron chi connectivity index (χ0n) is 10.9. The Labute approximate surface area is 108 Å². The molecule has 0 aromatic heterocycles. The highest BCUT2D eigenvalue weighted by Crippen LogP contribution is 2.18. The summed E-state index contributed by atoms with van der Waals surface area (Å²) in [6.07, 6.45) is 0. The molecular weight excluding hydrogens is 230 g/mol. The fourth-order valence-electron chi connectivity index (χ4n) is 2.12. The molecule has 1 fully saturated rings. The summed E-state index contributed by atoms with van der Waals surface area (Å²) in [5.74, 6) is -0.160. The number of nitrogens with zero attached hydrogens (tertiary/aromatic N) is 4. The Bertz CT molecular complexity index is 357. The third kappa shape index (κ3) is 3.19. The average Bonchev–Trinajstić information content (AvgIpc) is 2.38. The number of piperazine rings is 1. The first kappa shape index (κ1) is 14.4. The van der Waals surface area contributed by atoms with E-state index >= 15 is 0 Å². The van der Waals surface area contributed by atoms with Crippen molar-refractivity contribution in [3.8, 4) is 12.1 Å². The standard InChI is InChI=1S/C12H19N5O/c1-12(2,17-9-5-15-6-10-17)11(18)16(7-3-13)8-4-14/h15H,5-10H2,1-2H3. The van der Waals surface area contributed by atoms with E-state index in [2.05, 4.69) is 10.2 Å². The minimum Gasteiger partial charge on any atom is -0.314 e. The fraction of sp³-hybridized carbons (Fsp3) is 0.750. The highest BCUT2D eigenvalue weighted by Gasteiger charge is 2.37. The van der Waals surface area contributed by atoms with Gasteiger partial charge in [0.15, 0.2) is 0 Å². The first-order valence-electron chi connectivity index (χ1n) is 6.03. The molecule has 1 aliphatic heterocycles. The summed E-state index contributed by atoms with van der Waals surface area (Å²) < 4.78 is 0. The summed E-state index contributed by atoms with van der Waals surface area (Å²) in [5, 5.41) is 20.7. The van der Waals surface area contributed by atoms with Crippen molar-refractivity contribution >= 4 is 5.91 Å². The first-order chi connectivity index (χ1) is 8.54. The highest BCUT2D eigenvalue weighted by molar-refractivity contribution is 5.86. The minimum absolute atomic E-state index is 0.0398. The van der Waals surface area contributed by atoms with Crippen molar-refractivity contribution in [3.63, 3.8) is 0 Å². The van der Waals surface area contributed by atoms with Gasteiger partial charge in [-0.15, -0.1) is 0 Å². The Morgan fingerprint density at radius 1 is 1.28 bits per heavy atom. The Morgan fingerprint density at radius 2 is 1.78 bits per heavy atom. The molecule has 1 amide bonds. The molecule has 1 N–H and O–H groups in total. The quantitative estimate of drug-likeness (QED) is 0.682. The molecule has 0 atom stereocenters. The molecule has 0 spiro atoms. The third-order valence-corrected chi connectivity index (χ3v) is 3.24. The number of rotatable bonds is 4. The second-order valence-electron chi connectivity index (χ2n) is 4.77. The van der Waals surface area contributed by atoms with Crippen LogP contribution in [0.2, 0.25) is 0 Å². The Morgan fingerprint density at radius 3 is 2.22 bits per heavy atom. The van der Waals surface area contributed by atoms with E-state index in [1.165, 1.54) is 4.90 Å². The van der Waals surface area contributed by atoms with Crippen LogP contribution < -0.4 is 5.32 Å². The zero-order chi connectivity index (χ0) is 13.6. The molecule has 0 aliphatic carbocycles. The SMILES string of the molecule is CC(C)(C(=O)N(CC#N)CC#N)N1CCNCC1. The number of amides is 1. The van der Waals surface area contributed by atoms with Crippen molar-refractivity contribution in [2.24, 2.45) is 0 Å². The lowest BCUT2D eigenvalue weighted by Gasteiger charge is -2.41. The summed E-state index contributed by atoms with van der Waals surface area (Å²) >= 11 is 0. The van der Waals surface area contributed by atoms with E-state index in [-0.39, 0.29) is 19.0 Å². The molecule has 0 saturated carbocycles. The lowest BCUT2D eigenvalue weighted by molar-refractivity contribution is -0.142. The van der Waals surface area contributed by atoms with Crippen LogP contribution in [0.4, 0.5) is 0 Å². The molecule has 1 heterocycles. The molecule has 0 aromatic carbocycles. The van der Waals surface area contributed by atoms with Crippen molar-refractivity contribution in [2.45, 2.75) is 19.4 Å². The molecule has 1 saturated heterocycles. The molecule has 1 rings (SSSR count). The fourth-order valence-corrected chi connectivity index (χ4v) is 2.12. The number of nitriles is 2. The average molecular weight is 249 g/mol. The Balaban J connectivity index is 2.78. The van der Waals surface area contributed by atoms with E-state index < -0.39 is 5.54 Å². The number of carbonyl (C=O) groups excluding carboxylic acids is 1. The van der Waals surface area contributed by atoms with E-state index in [0.29, 0.717) is 0 Å². The van der Waals surface area contributed by atoms with Crippen molar-refractivity contribution < 1.29 is 4.79 Å². The van der Waals surface area contributed by atoms with Crippen LogP contribution in [0.5, 0.6) is 0 Å². The molecule has 0 aromatic rings. The topological polar surface area (TPSA) is 83.2 Å². The van der Waals surface area contributed by atoms with Gasteiger partial charge in [0, 0.05) is 26.2 Å². The summed E-state index contributed by atoms with van der Waals surface area (Å²) in [6.45, 7) is 6.92. The van der Waals surface area contributed by atoms with Gasteiger partial charge in [0.05, 0.1) is 17.7 Å². The van der Waals surface area contributed by atoms with Gasteiger partial charge in [-0.25, -0.2) is 0 Å². The van der Waals surface area contributed by atoms with E-state index in [1.54, 1.807) is 0 Å². The summed E-state index contributed by atoms with van der Waals surface area (Å²) in [7, 11) is 0. The second kappa shape index (κ2) is 6.34. The molecule has 18 heavy (non-hydrogen) atoms. The van der Waals surface area contributed by atoms with E-state index in [4.69, 9.17) is 10.5 Å². The van der Waals surface area contributed by atoms with Gasteiger partial charge in [-0.3, -0.25) is 9.69 Å². The number of nitrogens with one attached hydrogen (secondary N) is 1. The van der Waals surface area contributed by atoms with Gasteiger partial charge < -0.3 is 10.2 Å². The highest BCUT2D eigenvalue weighted by atomic mass is 16.2.